The third-order valence-corrected chi connectivity index (χ3v) is 7.95. The highest BCUT2D eigenvalue weighted by molar-refractivity contribution is 7.71. The molecule has 1 aromatic carbocycles. The predicted molar refractivity (Wildman–Crippen MR) is 121 cm³/mol. The van der Waals surface area contributed by atoms with E-state index in [4.69, 9.17) is 12.2 Å². The van der Waals surface area contributed by atoms with Crippen LogP contribution >= 0.6 is 12.2 Å². The van der Waals surface area contributed by atoms with Gasteiger partial charge in [0.05, 0.1) is 10.9 Å². The van der Waals surface area contributed by atoms with Crippen molar-refractivity contribution in [3.8, 4) is 0 Å². The van der Waals surface area contributed by atoms with Crippen molar-refractivity contribution in [1.29, 1.82) is 0 Å². The number of carbonyl (C=O) groups is 1. The monoisotopic (exact) mass is 423 g/mol. The van der Waals surface area contributed by atoms with Gasteiger partial charge in [-0.2, -0.15) is 0 Å². The Hall–Kier alpha value is -2.21. The molecule has 1 aromatic heterocycles. The van der Waals surface area contributed by atoms with Crippen LogP contribution < -0.4 is 5.56 Å². The smallest absolute Gasteiger partial charge is 0.262 e. The molecule has 0 unspecified atom stereocenters. The number of carbonyl (C=O) groups excluding carboxylic acids is 1. The van der Waals surface area contributed by atoms with Gasteiger partial charge in [-0.15, -0.1) is 6.58 Å². The highest BCUT2D eigenvalue weighted by atomic mass is 32.1. The van der Waals surface area contributed by atoms with E-state index >= 15 is 0 Å². The number of hydrogen-bond acceptors (Lipinski definition) is 3. The lowest BCUT2D eigenvalue weighted by atomic mass is 9.49. The second-order valence-electron chi connectivity index (χ2n) is 9.97. The van der Waals surface area contributed by atoms with Gasteiger partial charge in [-0.1, -0.05) is 6.08 Å². The number of allylic oxidation sites excluding steroid dienone is 1. The molecule has 4 fully saturated rings. The standard InChI is InChI=1S/C24H29N3O2S/c1-3-6-27-22(29)19-5-4-18(10-20(19)25-23(27)30)21(28)26(2)14-24-11-15-7-16(12-24)9-17(8-15)13-24/h3-5,10,15-17H,1,6-9,11-14H2,2H3,(H,25,30). The number of nitrogens with one attached hydrogen (secondary N) is 1. The third kappa shape index (κ3) is 3.25. The fourth-order valence-electron chi connectivity index (χ4n) is 6.96. The summed E-state index contributed by atoms with van der Waals surface area (Å²) in [6, 6.07) is 5.26. The molecule has 5 nitrogen and oxygen atoms in total. The molecule has 4 aliphatic rings. The highest BCUT2D eigenvalue weighted by Crippen LogP contribution is 2.60. The number of nitrogens with zero attached hydrogens (tertiary/aromatic N) is 2. The molecule has 6 rings (SSSR count). The van der Waals surface area contributed by atoms with E-state index in [1.54, 1.807) is 24.3 Å². The number of H-pyrrole nitrogens is 1. The maximum absolute atomic E-state index is 13.2. The molecule has 0 aliphatic heterocycles. The van der Waals surface area contributed by atoms with Crippen LogP contribution in [0, 0.1) is 27.9 Å². The number of amides is 1. The van der Waals surface area contributed by atoms with E-state index in [1.807, 2.05) is 11.9 Å². The molecule has 0 saturated heterocycles. The minimum Gasteiger partial charge on any atom is -0.341 e. The molecule has 1 amide bonds. The second-order valence-corrected chi connectivity index (χ2v) is 10.4. The lowest BCUT2D eigenvalue weighted by molar-refractivity contribution is -0.0629. The van der Waals surface area contributed by atoms with E-state index in [1.165, 1.54) is 43.1 Å². The van der Waals surface area contributed by atoms with Crippen LogP contribution in [0.15, 0.2) is 35.6 Å². The van der Waals surface area contributed by atoms with Crippen molar-refractivity contribution in [2.24, 2.45) is 23.2 Å². The van der Waals surface area contributed by atoms with Gasteiger partial charge < -0.3 is 9.88 Å². The van der Waals surface area contributed by atoms with Gasteiger partial charge in [0, 0.05) is 25.7 Å². The summed E-state index contributed by atoms with van der Waals surface area (Å²) in [5.41, 5.74) is 1.36. The van der Waals surface area contributed by atoms with Gasteiger partial charge in [-0.3, -0.25) is 14.2 Å². The maximum Gasteiger partial charge on any atom is 0.262 e. The number of benzene rings is 1. The number of aromatic amines is 1. The highest BCUT2D eigenvalue weighted by Gasteiger charge is 2.51. The second kappa shape index (κ2) is 7.19. The van der Waals surface area contributed by atoms with Crippen molar-refractivity contribution in [3.05, 3.63) is 51.5 Å². The molecule has 1 N–H and O–H groups in total. The zero-order valence-corrected chi connectivity index (χ0v) is 18.3. The third-order valence-electron chi connectivity index (χ3n) is 7.62. The van der Waals surface area contributed by atoms with Gasteiger partial charge in [0.25, 0.3) is 11.5 Å². The number of hydrogen-bond donors (Lipinski definition) is 1. The molecule has 4 aliphatic carbocycles. The molecular weight excluding hydrogens is 394 g/mol. The molecule has 30 heavy (non-hydrogen) atoms. The maximum atomic E-state index is 13.2. The Balaban J connectivity index is 1.40. The number of rotatable bonds is 5. The largest absolute Gasteiger partial charge is 0.341 e. The Labute approximate surface area is 181 Å². The Morgan fingerprint density at radius 3 is 2.50 bits per heavy atom. The van der Waals surface area contributed by atoms with Crippen LogP contribution in [0.3, 0.4) is 0 Å². The first-order chi connectivity index (χ1) is 14.4. The van der Waals surface area contributed by atoms with Crippen molar-refractivity contribution in [2.75, 3.05) is 13.6 Å². The predicted octanol–water partition coefficient (Wildman–Crippen LogP) is 4.53. The molecule has 4 bridgehead atoms. The SMILES string of the molecule is C=CCn1c(=S)[nH]c2cc(C(=O)N(C)CC34CC5CC(CC(C5)C3)C4)ccc2c1=O. The van der Waals surface area contributed by atoms with E-state index in [0.717, 1.165) is 24.3 Å². The molecule has 2 aromatic rings. The van der Waals surface area contributed by atoms with Crippen LogP contribution in [-0.4, -0.2) is 34.0 Å². The zero-order valence-electron chi connectivity index (χ0n) is 17.5. The first-order valence-corrected chi connectivity index (χ1v) is 11.4. The minimum absolute atomic E-state index is 0.0160. The van der Waals surface area contributed by atoms with Crippen LogP contribution in [0.2, 0.25) is 0 Å². The Morgan fingerprint density at radius 1 is 1.27 bits per heavy atom. The van der Waals surface area contributed by atoms with Crippen LogP contribution in [-0.2, 0) is 6.54 Å². The zero-order chi connectivity index (χ0) is 21.0. The normalized spacial score (nSPS) is 29.3. The average Bonchev–Trinajstić information content (AvgIpc) is 2.68. The molecule has 0 atom stereocenters. The Morgan fingerprint density at radius 2 is 1.90 bits per heavy atom. The van der Waals surface area contributed by atoms with Gasteiger partial charge in [0.1, 0.15) is 0 Å². The lowest BCUT2D eigenvalue weighted by Crippen LogP contribution is -2.51. The molecular formula is C24H29N3O2S. The van der Waals surface area contributed by atoms with Gasteiger partial charge in [-0.25, -0.2) is 0 Å². The number of fused-ring (bicyclic) bond motifs is 1. The summed E-state index contributed by atoms with van der Waals surface area (Å²) >= 11 is 5.33. The average molecular weight is 424 g/mol. The quantitative estimate of drug-likeness (QED) is 0.568. The topological polar surface area (TPSA) is 58.1 Å². The van der Waals surface area contributed by atoms with E-state index in [2.05, 4.69) is 11.6 Å². The van der Waals surface area contributed by atoms with Crippen LogP contribution in [0.4, 0.5) is 0 Å². The van der Waals surface area contributed by atoms with Crippen LogP contribution in [0.1, 0.15) is 48.9 Å². The summed E-state index contributed by atoms with van der Waals surface area (Å²) in [5, 5.41) is 0.533. The summed E-state index contributed by atoms with van der Waals surface area (Å²) in [4.78, 5) is 31.0. The van der Waals surface area contributed by atoms with E-state index in [-0.39, 0.29) is 11.5 Å². The molecule has 6 heteroatoms. The summed E-state index contributed by atoms with van der Waals surface area (Å²) in [6.07, 6.45) is 9.71. The number of aromatic nitrogens is 2. The Kier molecular flexibility index (Phi) is 4.73. The summed E-state index contributed by atoms with van der Waals surface area (Å²) < 4.78 is 1.82. The molecule has 0 spiro atoms. The van der Waals surface area contributed by atoms with E-state index in [9.17, 15) is 9.59 Å². The van der Waals surface area contributed by atoms with Gasteiger partial charge in [0.2, 0.25) is 0 Å². The van der Waals surface area contributed by atoms with Crippen LogP contribution in [0.5, 0.6) is 0 Å². The Bertz CT molecular complexity index is 1110. The van der Waals surface area contributed by atoms with Gasteiger partial charge in [-0.05, 0) is 92.1 Å². The van der Waals surface area contributed by atoms with E-state index < -0.39 is 0 Å². The van der Waals surface area contributed by atoms with Gasteiger partial charge >= 0.3 is 0 Å². The fourth-order valence-corrected chi connectivity index (χ4v) is 7.23. The first-order valence-electron chi connectivity index (χ1n) is 11.0. The molecule has 0 radical (unpaired) electrons. The molecule has 4 saturated carbocycles. The van der Waals surface area contributed by atoms with Crippen molar-refractivity contribution < 1.29 is 4.79 Å². The van der Waals surface area contributed by atoms with Crippen molar-refractivity contribution in [1.82, 2.24) is 14.5 Å². The van der Waals surface area contributed by atoms with Gasteiger partial charge in [0.15, 0.2) is 4.77 Å². The first kappa shape index (κ1) is 19.7. The van der Waals surface area contributed by atoms with Crippen molar-refractivity contribution in [2.45, 2.75) is 45.1 Å². The molecule has 158 valence electrons. The summed E-state index contributed by atoms with van der Waals surface area (Å²) in [7, 11) is 1.93. The van der Waals surface area contributed by atoms with Crippen molar-refractivity contribution >= 4 is 29.0 Å². The summed E-state index contributed by atoms with van der Waals surface area (Å²) in [6.45, 7) is 4.88. The van der Waals surface area contributed by atoms with Crippen molar-refractivity contribution in [3.63, 3.8) is 0 Å². The lowest BCUT2D eigenvalue weighted by Gasteiger charge is -2.57. The van der Waals surface area contributed by atoms with E-state index in [0.29, 0.717) is 33.2 Å². The minimum atomic E-state index is -0.158. The molecule has 1 heterocycles. The summed E-state index contributed by atoms with van der Waals surface area (Å²) in [5.74, 6) is 2.64. The van der Waals surface area contributed by atoms with Crippen LogP contribution in [0.25, 0.3) is 10.9 Å². The fraction of sp³-hybridized carbons (Fsp3) is 0.542.